The highest BCUT2D eigenvalue weighted by Crippen LogP contribution is 2.05. The molecule has 0 aliphatic heterocycles. The lowest BCUT2D eigenvalue weighted by atomic mass is 10.0. The van der Waals surface area contributed by atoms with Crippen LogP contribution in [-0.4, -0.2) is 23.2 Å². The summed E-state index contributed by atoms with van der Waals surface area (Å²) in [4.78, 5) is 13.1. The van der Waals surface area contributed by atoms with E-state index in [4.69, 9.17) is 0 Å². The molecule has 12 heavy (non-hydrogen) atoms. The molecule has 1 unspecified atom stereocenters. The van der Waals surface area contributed by atoms with Crippen LogP contribution in [0.1, 0.15) is 20.3 Å². The monoisotopic (exact) mass is 233 g/mol. The van der Waals surface area contributed by atoms with E-state index in [9.17, 15) is 9.90 Å². The van der Waals surface area contributed by atoms with E-state index in [0.29, 0.717) is 6.42 Å². The number of halogens is 1. The molecule has 4 heteroatoms. The van der Waals surface area contributed by atoms with Crippen molar-refractivity contribution < 1.29 is 9.90 Å². The summed E-state index contributed by atoms with van der Waals surface area (Å²) in [5.74, 6) is 1.86. The number of amides is 1. The number of carbonyl (C=O) groups excluding carboxylic acids is 1. The first-order valence-corrected chi connectivity index (χ1v) is 4.43. The number of rotatable bonds is 3. The van der Waals surface area contributed by atoms with Crippen LogP contribution in [0.3, 0.4) is 0 Å². The standard InChI is InChI=1S/C8H12BrNO2/c1-3-8(2,12)6-10-7(11)4-5-9/h12H,3,6H2,1-2H3,(H,10,11). The van der Waals surface area contributed by atoms with E-state index in [1.165, 1.54) is 0 Å². The molecule has 0 fully saturated rings. The number of aliphatic hydroxyl groups is 1. The van der Waals surface area contributed by atoms with Gasteiger partial charge in [-0.05, 0) is 18.2 Å². The average molecular weight is 234 g/mol. The average Bonchev–Trinajstić information content (AvgIpc) is 2.02. The zero-order valence-corrected chi connectivity index (χ0v) is 8.73. The van der Waals surface area contributed by atoms with Crippen LogP contribution in [0.5, 0.6) is 0 Å². The van der Waals surface area contributed by atoms with Crippen molar-refractivity contribution >= 4 is 21.8 Å². The quantitative estimate of drug-likeness (QED) is 0.703. The molecule has 0 aliphatic rings. The molecule has 0 radical (unpaired) electrons. The van der Waals surface area contributed by atoms with Crippen LogP contribution in [0.2, 0.25) is 0 Å². The third-order valence-electron chi connectivity index (χ3n) is 1.55. The van der Waals surface area contributed by atoms with Crippen LogP contribution in [0.25, 0.3) is 0 Å². The minimum atomic E-state index is -0.844. The van der Waals surface area contributed by atoms with E-state index >= 15 is 0 Å². The number of nitrogens with one attached hydrogen (secondary N) is 1. The van der Waals surface area contributed by atoms with Gasteiger partial charge in [-0.2, -0.15) is 0 Å². The van der Waals surface area contributed by atoms with E-state index in [0.717, 1.165) is 0 Å². The zero-order valence-electron chi connectivity index (χ0n) is 7.15. The molecule has 68 valence electrons. The van der Waals surface area contributed by atoms with Gasteiger partial charge in [-0.25, -0.2) is 0 Å². The Morgan fingerprint density at radius 3 is 2.75 bits per heavy atom. The Kier molecular flexibility index (Phi) is 4.95. The van der Waals surface area contributed by atoms with Crippen molar-refractivity contribution in [1.29, 1.82) is 0 Å². The first-order chi connectivity index (χ1) is 5.52. The maximum Gasteiger partial charge on any atom is 0.296 e. The fourth-order valence-corrected chi connectivity index (χ4v) is 0.663. The largest absolute Gasteiger partial charge is 0.388 e. The van der Waals surface area contributed by atoms with E-state index < -0.39 is 5.60 Å². The number of hydrogen-bond donors (Lipinski definition) is 2. The van der Waals surface area contributed by atoms with E-state index in [2.05, 4.69) is 32.0 Å². The minimum Gasteiger partial charge on any atom is -0.388 e. The van der Waals surface area contributed by atoms with Gasteiger partial charge in [-0.3, -0.25) is 4.79 Å². The van der Waals surface area contributed by atoms with E-state index in [1.54, 1.807) is 6.92 Å². The molecule has 0 saturated heterocycles. The Labute approximate surface area is 80.7 Å². The summed E-state index contributed by atoms with van der Waals surface area (Å²) in [6.07, 6.45) is 0.592. The molecule has 0 aromatic heterocycles. The van der Waals surface area contributed by atoms with Crippen LogP contribution >= 0.6 is 15.9 Å². The van der Waals surface area contributed by atoms with E-state index in [1.807, 2.05) is 6.92 Å². The van der Waals surface area contributed by atoms with Crippen LogP contribution in [0.15, 0.2) is 0 Å². The molecule has 2 N–H and O–H groups in total. The van der Waals surface area contributed by atoms with Crippen molar-refractivity contribution in [3.8, 4) is 10.8 Å². The normalized spacial score (nSPS) is 14.0. The van der Waals surface area contributed by atoms with Crippen LogP contribution in [-0.2, 0) is 4.79 Å². The van der Waals surface area contributed by atoms with Crippen molar-refractivity contribution in [3.63, 3.8) is 0 Å². The zero-order chi connectivity index (χ0) is 9.61. The summed E-state index contributed by atoms with van der Waals surface area (Å²) in [5.41, 5.74) is -0.844. The fourth-order valence-electron chi connectivity index (χ4n) is 0.483. The first-order valence-electron chi connectivity index (χ1n) is 3.63. The van der Waals surface area contributed by atoms with Crippen molar-refractivity contribution in [2.45, 2.75) is 25.9 Å². The number of hydrogen-bond acceptors (Lipinski definition) is 2. The molecular formula is C8H12BrNO2. The van der Waals surface area contributed by atoms with Gasteiger partial charge in [0.15, 0.2) is 0 Å². The molecule has 0 aliphatic carbocycles. The summed E-state index contributed by atoms with van der Waals surface area (Å²) >= 11 is 2.80. The summed E-state index contributed by atoms with van der Waals surface area (Å²) in [5, 5.41) is 11.9. The van der Waals surface area contributed by atoms with Gasteiger partial charge in [0.1, 0.15) is 0 Å². The Bertz CT molecular complexity index is 215. The predicted octanol–water partition coefficient (Wildman–Crippen LogP) is 0.619. The molecule has 0 bridgehead atoms. The molecule has 1 atom stereocenters. The molecule has 0 aromatic carbocycles. The van der Waals surface area contributed by atoms with Crippen LogP contribution in [0.4, 0.5) is 0 Å². The summed E-state index contributed by atoms with van der Waals surface area (Å²) in [6, 6.07) is 0. The minimum absolute atomic E-state index is 0.226. The Morgan fingerprint density at radius 1 is 1.75 bits per heavy atom. The van der Waals surface area contributed by atoms with Gasteiger partial charge in [0.25, 0.3) is 5.91 Å². The predicted molar refractivity (Wildman–Crippen MR) is 50.6 cm³/mol. The fraction of sp³-hybridized carbons (Fsp3) is 0.625. The van der Waals surface area contributed by atoms with Gasteiger partial charge in [-0.1, -0.05) is 6.92 Å². The Morgan fingerprint density at radius 2 is 2.33 bits per heavy atom. The molecule has 0 spiro atoms. The van der Waals surface area contributed by atoms with Crippen molar-refractivity contribution in [2.24, 2.45) is 0 Å². The molecule has 0 heterocycles. The lowest BCUT2D eigenvalue weighted by Gasteiger charge is -2.20. The third kappa shape index (κ3) is 5.16. The van der Waals surface area contributed by atoms with Gasteiger partial charge in [-0.15, -0.1) is 0 Å². The topological polar surface area (TPSA) is 49.3 Å². The molecular weight excluding hydrogens is 222 g/mol. The van der Waals surface area contributed by atoms with Crippen molar-refractivity contribution in [1.82, 2.24) is 5.32 Å². The summed E-state index contributed by atoms with van der Waals surface area (Å²) in [7, 11) is 0. The summed E-state index contributed by atoms with van der Waals surface area (Å²) in [6.45, 7) is 3.74. The van der Waals surface area contributed by atoms with Gasteiger partial charge in [0, 0.05) is 28.4 Å². The van der Waals surface area contributed by atoms with Crippen LogP contribution in [0, 0.1) is 10.8 Å². The second-order valence-corrected chi connectivity index (χ2v) is 3.15. The second kappa shape index (κ2) is 5.18. The SMILES string of the molecule is CCC(C)(O)CNC(=O)C#CBr. The van der Waals surface area contributed by atoms with Crippen LogP contribution < -0.4 is 5.32 Å². The lowest BCUT2D eigenvalue weighted by Crippen LogP contribution is -2.39. The highest BCUT2D eigenvalue weighted by Gasteiger charge is 2.17. The molecule has 0 saturated carbocycles. The van der Waals surface area contributed by atoms with Gasteiger partial charge in [0.2, 0.25) is 0 Å². The third-order valence-corrected chi connectivity index (χ3v) is 1.75. The van der Waals surface area contributed by atoms with Gasteiger partial charge < -0.3 is 10.4 Å². The number of carbonyl (C=O) groups is 1. The van der Waals surface area contributed by atoms with Gasteiger partial charge >= 0.3 is 0 Å². The maximum absolute atomic E-state index is 10.8. The Hall–Kier alpha value is -0.530. The Balaban J connectivity index is 3.80. The molecule has 0 rings (SSSR count). The van der Waals surface area contributed by atoms with Gasteiger partial charge in [0.05, 0.1) is 5.60 Å². The van der Waals surface area contributed by atoms with Crippen molar-refractivity contribution in [3.05, 3.63) is 0 Å². The maximum atomic E-state index is 10.8. The molecule has 3 nitrogen and oxygen atoms in total. The molecule has 0 aromatic rings. The van der Waals surface area contributed by atoms with E-state index in [-0.39, 0.29) is 12.5 Å². The highest BCUT2D eigenvalue weighted by molar-refractivity contribution is 9.12. The second-order valence-electron chi connectivity index (χ2n) is 2.75. The first kappa shape index (κ1) is 11.5. The molecule has 1 amide bonds. The summed E-state index contributed by atoms with van der Waals surface area (Å²) < 4.78 is 0. The van der Waals surface area contributed by atoms with Crippen molar-refractivity contribution in [2.75, 3.05) is 6.54 Å². The lowest BCUT2D eigenvalue weighted by molar-refractivity contribution is -0.116. The highest BCUT2D eigenvalue weighted by atomic mass is 79.9. The smallest absolute Gasteiger partial charge is 0.296 e.